The summed E-state index contributed by atoms with van der Waals surface area (Å²) in [4.78, 5) is 43.6. The van der Waals surface area contributed by atoms with Crippen LogP contribution < -0.4 is 35.6 Å². The number of benzene rings is 1. The molecule has 0 saturated heterocycles. The molecule has 0 saturated carbocycles. The van der Waals surface area contributed by atoms with Crippen LogP contribution in [-0.4, -0.2) is 44.2 Å². The van der Waals surface area contributed by atoms with Gasteiger partial charge in [-0.25, -0.2) is 0 Å². The molecule has 10 heteroatoms. The van der Waals surface area contributed by atoms with Crippen molar-refractivity contribution in [2.45, 2.75) is 58.7 Å². The predicted octanol–water partition coefficient (Wildman–Crippen LogP) is 4.40. The third-order valence-electron chi connectivity index (χ3n) is 7.44. The zero-order valence-electron chi connectivity index (χ0n) is 25.6. The number of hydrogen-bond acceptors (Lipinski definition) is 8. The van der Waals surface area contributed by atoms with Gasteiger partial charge in [0.2, 0.25) is 23.0 Å². The highest BCUT2D eigenvalue weighted by Gasteiger charge is 2.30. The maximum Gasteiger partial charge on any atom is 0.242 e. The fourth-order valence-electron chi connectivity index (χ4n) is 5.52. The van der Waals surface area contributed by atoms with Gasteiger partial charge in [-0.15, -0.1) is 0 Å². The molecule has 0 radical (unpaired) electrons. The van der Waals surface area contributed by atoms with Crippen molar-refractivity contribution in [3.63, 3.8) is 0 Å². The number of pyridine rings is 1. The molecule has 3 N–H and O–H groups in total. The first-order valence-corrected chi connectivity index (χ1v) is 14.4. The van der Waals surface area contributed by atoms with E-state index in [-0.39, 0.29) is 35.4 Å². The van der Waals surface area contributed by atoms with Crippen molar-refractivity contribution < 1.29 is 23.8 Å². The number of rotatable bonds is 11. The second kappa shape index (κ2) is 14.0. The number of hydrogen-bond donors (Lipinski definition) is 3. The summed E-state index contributed by atoms with van der Waals surface area (Å²) in [6.07, 6.45) is 3.34. The summed E-state index contributed by atoms with van der Waals surface area (Å²) in [6.45, 7) is 5.78. The zero-order valence-corrected chi connectivity index (χ0v) is 25.6. The fourth-order valence-corrected chi connectivity index (χ4v) is 5.52. The van der Waals surface area contributed by atoms with Gasteiger partial charge in [0.15, 0.2) is 11.5 Å². The van der Waals surface area contributed by atoms with E-state index in [2.05, 4.69) is 20.9 Å². The third kappa shape index (κ3) is 7.25. The van der Waals surface area contributed by atoms with E-state index < -0.39 is 12.1 Å². The van der Waals surface area contributed by atoms with Crippen molar-refractivity contribution in [1.29, 1.82) is 0 Å². The molecule has 0 spiro atoms. The lowest BCUT2D eigenvalue weighted by Gasteiger charge is -2.20. The number of fused-ring (bicyclic) bond motifs is 3. The minimum Gasteiger partial charge on any atom is -0.493 e. The van der Waals surface area contributed by atoms with Crippen molar-refractivity contribution in [1.82, 2.24) is 15.6 Å². The SMILES string of the molecule is COc1cc2c(c(OC)c1OC)-c1ccc(N[C@@H](CC(C)C)C(=O)NCc3ccccn3)c(=O)cc1[C@@H](NC(C)=O)CC2. The molecule has 1 aromatic heterocycles. The lowest BCUT2D eigenvalue weighted by atomic mass is 9.95. The minimum absolute atomic E-state index is 0.185. The number of aryl methyl sites for hydroxylation is 1. The first kappa shape index (κ1) is 31.3. The molecule has 2 amide bonds. The standard InChI is InChI=1S/C33H40N4O6/c1-19(2)15-27(33(40)35-18-22-9-7-8-14-34-22)37-26-13-11-23-24(17-28(26)39)25(36-20(3)38)12-10-21-16-29(41-4)31(42-5)32(43-6)30(21)23/h7-9,11,13-14,16-17,19,25,27H,10,12,15,18H2,1-6H3,(H,35,40)(H,36,38)(H,37,39)/t25-,27-/m0/s1. The van der Waals surface area contributed by atoms with Gasteiger partial charge in [0.1, 0.15) is 6.04 Å². The number of nitrogens with one attached hydrogen (secondary N) is 3. The van der Waals surface area contributed by atoms with Gasteiger partial charge in [-0.05, 0) is 72.2 Å². The summed E-state index contributed by atoms with van der Waals surface area (Å²) in [5.41, 5.74) is 3.77. The van der Waals surface area contributed by atoms with Crippen molar-refractivity contribution in [3.05, 3.63) is 75.7 Å². The number of carbonyl (C=O) groups excluding carboxylic acids is 2. The highest BCUT2D eigenvalue weighted by Crippen LogP contribution is 2.50. The molecule has 4 rings (SSSR count). The molecule has 228 valence electrons. The molecule has 43 heavy (non-hydrogen) atoms. The number of methoxy groups -OCH3 is 3. The molecule has 3 aromatic rings. The molecular weight excluding hydrogens is 548 g/mol. The maximum absolute atomic E-state index is 13.8. The van der Waals surface area contributed by atoms with E-state index >= 15 is 0 Å². The van der Waals surface area contributed by atoms with Crippen LogP contribution in [0.4, 0.5) is 5.69 Å². The first-order chi connectivity index (χ1) is 20.7. The number of nitrogens with zero attached hydrogens (tertiary/aromatic N) is 1. The van der Waals surface area contributed by atoms with E-state index in [9.17, 15) is 14.4 Å². The van der Waals surface area contributed by atoms with Gasteiger partial charge < -0.3 is 30.2 Å². The smallest absolute Gasteiger partial charge is 0.242 e. The van der Waals surface area contributed by atoms with E-state index in [0.29, 0.717) is 47.6 Å². The van der Waals surface area contributed by atoms with E-state index in [4.69, 9.17) is 14.2 Å². The molecule has 2 atom stereocenters. The van der Waals surface area contributed by atoms with Gasteiger partial charge in [-0.2, -0.15) is 0 Å². The lowest BCUT2D eigenvalue weighted by molar-refractivity contribution is -0.122. The Morgan fingerprint density at radius 3 is 2.42 bits per heavy atom. The Labute approximate surface area is 252 Å². The number of anilines is 1. The van der Waals surface area contributed by atoms with Gasteiger partial charge in [-0.1, -0.05) is 26.0 Å². The predicted molar refractivity (Wildman–Crippen MR) is 166 cm³/mol. The van der Waals surface area contributed by atoms with Gasteiger partial charge >= 0.3 is 0 Å². The second-order valence-corrected chi connectivity index (χ2v) is 11.0. The average Bonchev–Trinajstić information content (AvgIpc) is 3.23. The quantitative estimate of drug-likeness (QED) is 0.301. The largest absolute Gasteiger partial charge is 0.493 e. The van der Waals surface area contributed by atoms with Gasteiger partial charge in [0.05, 0.1) is 45.3 Å². The van der Waals surface area contributed by atoms with Crippen LogP contribution in [0, 0.1) is 5.92 Å². The molecular formula is C33H40N4O6. The third-order valence-corrected chi connectivity index (χ3v) is 7.44. The van der Waals surface area contributed by atoms with Crippen LogP contribution in [0.2, 0.25) is 0 Å². The Morgan fingerprint density at radius 2 is 1.79 bits per heavy atom. The van der Waals surface area contributed by atoms with Crippen LogP contribution in [0.15, 0.2) is 53.5 Å². The highest BCUT2D eigenvalue weighted by molar-refractivity contribution is 5.86. The average molecular weight is 589 g/mol. The van der Waals surface area contributed by atoms with Crippen molar-refractivity contribution in [2.75, 3.05) is 26.6 Å². The van der Waals surface area contributed by atoms with Crippen molar-refractivity contribution in [3.8, 4) is 28.4 Å². The molecule has 0 bridgehead atoms. The molecule has 10 nitrogen and oxygen atoms in total. The molecule has 0 aliphatic heterocycles. The molecule has 2 aromatic carbocycles. The van der Waals surface area contributed by atoms with Crippen molar-refractivity contribution in [2.24, 2.45) is 5.92 Å². The van der Waals surface area contributed by atoms with Crippen LogP contribution in [0.3, 0.4) is 0 Å². The summed E-state index contributed by atoms with van der Waals surface area (Å²) in [5, 5.41) is 9.17. The highest BCUT2D eigenvalue weighted by atomic mass is 16.5. The van der Waals surface area contributed by atoms with Crippen LogP contribution >= 0.6 is 0 Å². The molecule has 1 aliphatic rings. The van der Waals surface area contributed by atoms with Gasteiger partial charge in [0.25, 0.3) is 0 Å². The van der Waals surface area contributed by atoms with E-state index in [1.54, 1.807) is 39.7 Å². The summed E-state index contributed by atoms with van der Waals surface area (Å²) in [7, 11) is 4.67. The topological polar surface area (TPSA) is 128 Å². The lowest BCUT2D eigenvalue weighted by Crippen LogP contribution is -2.41. The summed E-state index contributed by atoms with van der Waals surface area (Å²) >= 11 is 0. The van der Waals surface area contributed by atoms with Crippen LogP contribution in [0.1, 0.15) is 56.5 Å². The molecule has 0 unspecified atom stereocenters. The molecule has 0 fully saturated rings. The minimum atomic E-state index is -0.657. The zero-order chi connectivity index (χ0) is 31.1. The van der Waals surface area contributed by atoms with Crippen LogP contribution in [0.5, 0.6) is 17.2 Å². The monoisotopic (exact) mass is 588 g/mol. The summed E-state index contributed by atoms with van der Waals surface area (Å²) in [5.74, 6) is 1.18. The van der Waals surface area contributed by atoms with E-state index in [0.717, 1.165) is 16.8 Å². The Bertz CT molecular complexity index is 1530. The molecule has 1 aliphatic carbocycles. The number of ether oxygens (including phenoxy) is 3. The first-order valence-electron chi connectivity index (χ1n) is 14.4. The Hall–Kier alpha value is -4.60. The van der Waals surface area contributed by atoms with E-state index in [1.807, 2.05) is 44.2 Å². The van der Waals surface area contributed by atoms with Crippen LogP contribution in [0.25, 0.3) is 11.1 Å². The Balaban J connectivity index is 1.81. The summed E-state index contributed by atoms with van der Waals surface area (Å²) < 4.78 is 17.1. The Morgan fingerprint density at radius 1 is 1.02 bits per heavy atom. The van der Waals surface area contributed by atoms with Gasteiger partial charge in [0, 0.05) is 18.7 Å². The maximum atomic E-state index is 13.8. The number of amides is 2. The number of aromatic nitrogens is 1. The van der Waals surface area contributed by atoms with Crippen LogP contribution in [-0.2, 0) is 22.6 Å². The molecule has 1 heterocycles. The summed E-state index contributed by atoms with van der Waals surface area (Å²) in [6, 6.07) is 11.4. The van der Waals surface area contributed by atoms with E-state index in [1.165, 1.54) is 6.92 Å². The Kier molecular flexibility index (Phi) is 10.2. The fraction of sp³-hybridized carbons (Fsp3) is 0.394. The number of carbonyl (C=O) groups is 2. The van der Waals surface area contributed by atoms with Crippen molar-refractivity contribution >= 4 is 17.5 Å². The van der Waals surface area contributed by atoms with Gasteiger partial charge in [-0.3, -0.25) is 19.4 Å². The second-order valence-electron chi connectivity index (χ2n) is 11.0. The normalized spacial score (nSPS) is 14.4.